The van der Waals surface area contributed by atoms with Crippen LogP contribution in [-0.4, -0.2) is 41.2 Å². The molecule has 1 aliphatic rings. The van der Waals surface area contributed by atoms with E-state index in [2.05, 4.69) is 15.5 Å². The van der Waals surface area contributed by atoms with Gasteiger partial charge in [0.25, 0.3) is 0 Å². The highest BCUT2D eigenvalue weighted by Gasteiger charge is 2.38. The van der Waals surface area contributed by atoms with Gasteiger partial charge in [-0.3, -0.25) is 14.4 Å². The van der Waals surface area contributed by atoms with Crippen molar-refractivity contribution in [3.63, 3.8) is 0 Å². The molecule has 0 aromatic carbocycles. The van der Waals surface area contributed by atoms with E-state index < -0.39 is 5.54 Å². The van der Waals surface area contributed by atoms with Gasteiger partial charge in [-0.05, 0) is 12.8 Å². The summed E-state index contributed by atoms with van der Waals surface area (Å²) in [5.41, 5.74) is -0.558. The molecule has 24 heavy (non-hydrogen) atoms. The molecule has 0 bridgehead atoms. The first-order chi connectivity index (χ1) is 11.5. The molecule has 1 fully saturated rings. The average Bonchev–Trinajstić information content (AvgIpc) is 2.92. The van der Waals surface area contributed by atoms with Gasteiger partial charge in [-0.25, -0.2) is 5.06 Å². The maximum Gasteiger partial charge on any atom is 0.246 e. The third kappa shape index (κ3) is 4.53. The summed E-state index contributed by atoms with van der Waals surface area (Å²) in [6.45, 7) is 1.51. The van der Waals surface area contributed by atoms with Gasteiger partial charge in [-0.2, -0.15) is 4.98 Å². The fourth-order valence-electron chi connectivity index (χ4n) is 3.10. The molecule has 1 aromatic heterocycles. The lowest BCUT2D eigenvalue weighted by molar-refractivity contribution is -0.168. The molecule has 1 saturated carbocycles. The highest BCUT2D eigenvalue weighted by molar-refractivity contribution is 5.75. The van der Waals surface area contributed by atoms with E-state index in [9.17, 15) is 9.59 Å². The molecule has 2 amide bonds. The third-order valence-electron chi connectivity index (χ3n) is 4.45. The van der Waals surface area contributed by atoms with Crippen LogP contribution in [0.5, 0.6) is 0 Å². The van der Waals surface area contributed by atoms with E-state index in [0.29, 0.717) is 18.1 Å². The van der Waals surface area contributed by atoms with Crippen LogP contribution in [-0.2, 0) is 26.4 Å². The van der Waals surface area contributed by atoms with Crippen molar-refractivity contribution < 1.29 is 18.9 Å². The number of amides is 2. The summed E-state index contributed by atoms with van der Waals surface area (Å²) >= 11 is 0. The lowest BCUT2D eigenvalue weighted by Gasteiger charge is -2.30. The first-order valence-electron chi connectivity index (χ1n) is 8.39. The Morgan fingerprint density at radius 2 is 1.96 bits per heavy atom. The number of aryl methyl sites for hydroxylation is 1. The fourth-order valence-corrected chi connectivity index (χ4v) is 3.10. The Labute approximate surface area is 141 Å². The number of hydrogen-bond acceptors (Lipinski definition) is 6. The fraction of sp³-hybridized carbons (Fsp3) is 0.750. The van der Waals surface area contributed by atoms with Crippen molar-refractivity contribution in [2.24, 2.45) is 0 Å². The first kappa shape index (κ1) is 18.4. The molecule has 134 valence electrons. The largest absolute Gasteiger partial charge is 0.343 e. The number of rotatable bonds is 6. The Morgan fingerprint density at radius 3 is 2.54 bits per heavy atom. The van der Waals surface area contributed by atoms with Gasteiger partial charge in [0.1, 0.15) is 5.54 Å². The minimum Gasteiger partial charge on any atom is -0.343 e. The normalized spacial score (nSPS) is 17.1. The van der Waals surface area contributed by atoms with E-state index in [4.69, 9.17) is 9.36 Å². The average molecular weight is 338 g/mol. The molecule has 0 saturated heterocycles. The molecule has 0 atom stereocenters. The minimum absolute atomic E-state index is 0.0971. The van der Waals surface area contributed by atoms with E-state index in [-0.39, 0.29) is 18.2 Å². The van der Waals surface area contributed by atoms with Crippen LogP contribution in [0.15, 0.2) is 4.52 Å². The summed E-state index contributed by atoms with van der Waals surface area (Å²) in [5.74, 6) is 0.655. The number of carbonyl (C=O) groups excluding carboxylic acids is 2. The van der Waals surface area contributed by atoms with Gasteiger partial charge >= 0.3 is 0 Å². The lowest BCUT2D eigenvalue weighted by atomic mass is 9.89. The number of nitrogens with one attached hydrogen (secondary N) is 1. The maximum atomic E-state index is 11.8. The van der Waals surface area contributed by atoms with Crippen LogP contribution < -0.4 is 5.32 Å². The van der Waals surface area contributed by atoms with Gasteiger partial charge in [0.2, 0.25) is 17.7 Å². The van der Waals surface area contributed by atoms with Gasteiger partial charge in [0.05, 0.1) is 7.11 Å². The van der Waals surface area contributed by atoms with Crippen molar-refractivity contribution in [2.75, 3.05) is 14.2 Å². The Kier molecular flexibility index (Phi) is 6.30. The van der Waals surface area contributed by atoms with Crippen molar-refractivity contribution in [1.82, 2.24) is 20.5 Å². The molecule has 8 heteroatoms. The number of hydroxylamine groups is 2. The predicted octanol–water partition coefficient (Wildman–Crippen LogP) is 1.71. The SMILES string of the molecule is CON(C)C(=O)CCc1nc(C2(NC(C)=O)CCCCCC2)no1. The van der Waals surface area contributed by atoms with Crippen LogP contribution in [0.3, 0.4) is 0 Å². The minimum atomic E-state index is -0.558. The summed E-state index contributed by atoms with van der Waals surface area (Å²) in [7, 11) is 2.99. The summed E-state index contributed by atoms with van der Waals surface area (Å²) in [6, 6.07) is 0. The van der Waals surface area contributed by atoms with Gasteiger partial charge < -0.3 is 9.84 Å². The highest BCUT2D eigenvalue weighted by Crippen LogP contribution is 2.34. The quantitative estimate of drug-likeness (QED) is 0.626. The van der Waals surface area contributed by atoms with Crippen molar-refractivity contribution in [3.8, 4) is 0 Å². The molecule has 0 spiro atoms. The molecular weight excluding hydrogens is 312 g/mol. The Hall–Kier alpha value is -1.96. The van der Waals surface area contributed by atoms with Crippen LogP contribution in [0.25, 0.3) is 0 Å². The standard InChI is InChI=1S/C16H26N4O4/c1-12(21)18-16(10-6-4-5-7-11-16)15-17-13(24-19-15)8-9-14(22)20(2)23-3/h4-11H2,1-3H3,(H,18,21). The van der Waals surface area contributed by atoms with Gasteiger partial charge in [-0.1, -0.05) is 30.8 Å². The van der Waals surface area contributed by atoms with E-state index in [1.165, 1.54) is 19.1 Å². The topological polar surface area (TPSA) is 97.6 Å². The molecule has 1 aromatic rings. The first-order valence-corrected chi connectivity index (χ1v) is 8.39. The van der Waals surface area contributed by atoms with Gasteiger partial charge in [-0.15, -0.1) is 0 Å². The highest BCUT2D eigenvalue weighted by atomic mass is 16.7. The van der Waals surface area contributed by atoms with Crippen LogP contribution in [0.2, 0.25) is 0 Å². The Morgan fingerprint density at radius 1 is 1.29 bits per heavy atom. The Bertz CT molecular complexity index is 564. The second kappa shape index (κ2) is 8.23. The molecule has 1 aliphatic carbocycles. The predicted molar refractivity (Wildman–Crippen MR) is 85.6 cm³/mol. The van der Waals surface area contributed by atoms with Gasteiger partial charge in [0, 0.05) is 26.8 Å². The molecule has 0 radical (unpaired) electrons. The molecule has 1 heterocycles. The van der Waals surface area contributed by atoms with E-state index in [1.54, 1.807) is 7.05 Å². The number of aromatic nitrogens is 2. The van der Waals surface area contributed by atoms with Crippen molar-refractivity contribution in [3.05, 3.63) is 11.7 Å². The van der Waals surface area contributed by atoms with E-state index >= 15 is 0 Å². The zero-order valence-corrected chi connectivity index (χ0v) is 14.6. The van der Waals surface area contributed by atoms with Crippen molar-refractivity contribution in [2.45, 2.75) is 63.8 Å². The molecule has 0 unspecified atom stereocenters. The zero-order chi connectivity index (χ0) is 17.6. The molecule has 8 nitrogen and oxygen atoms in total. The molecule has 0 aliphatic heterocycles. The number of carbonyl (C=O) groups is 2. The smallest absolute Gasteiger partial charge is 0.246 e. The summed E-state index contributed by atoms with van der Waals surface area (Å²) in [4.78, 5) is 32.7. The zero-order valence-electron chi connectivity index (χ0n) is 14.6. The maximum absolute atomic E-state index is 11.8. The second-order valence-electron chi connectivity index (χ2n) is 6.26. The van der Waals surface area contributed by atoms with Crippen LogP contribution in [0, 0.1) is 0 Å². The van der Waals surface area contributed by atoms with Crippen LogP contribution >= 0.6 is 0 Å². The number of hydrogen-bond donors (Lipinski definition) is 1. The van der Waals surface area contributed by atoms with Crippen LogP contribution in [0.4, 0.5) is 0 Å². The Balaban J connectivity index is 2.10. The van der Waals surface area contributed by atoms with Crippen molar-refractivity contribution in [1.29, 1.82) is 0 Å². The second-order valence-corrected chi connectivity index (χ2v) is 6.26. The summed E-state index contributed by atoms with van der Waals surface area (Å²) in [5, 5.41) is 8.30. The van der Waals surface area contributed by atoms with Crippen molar-refractivity contribution >= 4 is 11.8 Å². The lowest BCUT2D eigenvalue weighted by Crippen LogP contribution is -2.45. The summed E-state index contributed by atoms with van der Waals surface area (Å²) in [6.07, 6.45) is 6.49. The van der Waals surface area contributed by atoms with Crippen LogP contribution in [0.1, 0.15) is 63.6 Å². The van der Waals surface area contributed by atoms with Gasteiger partial charge in [0.15, 0.2) is 5.82 Å². The van der Waals surface area contributed by atoms with E-state index in [0.717, 1.165) is 38.5 Å². The monoisotopic (exact) mass is 338 g/mol. The third-order valence-corrected chi connectivity index (χ3v) is 4.45. The molecule has 1 N–H and O–H groups in total. The molecular formula is C16H26N4O4. The molecule has 2 rings (SSSR count). The summed E-state index contributed by atoms with van der Waals surface area (Å²) < 4.78 is 5.31. The number of nitrogens with zero attached hydrogens (tertiary/aromatic N) is 3. The van der Waals surface area contributed by atoms with E-state index in [1.807, 2.05) is 0 Å².